The lowest BCUT2D eigenvalue weighted by atomic mass is 10.8. The zero-order valence-electron chi connectivity index (χ0n) is 5.09. The van der Waals surface area contributed by atoms with Crippen LogP contribution in [0.2, 0.25) is 0 Å². The molecule has 0 aliphatic carbocycles. The highest BCUT2D eigenvalue weighted by atomic mass is 16.5. The van der Waals surface area contributed by atoms with Crippen LogP contribution in [0.5, 0.6) is 0 Å². The molecule has 0 radical (unpaired) electrons. The summed E-state index contributed by atoms with van der Waals surface area (Å²) < 4.78 is 4.43. The lowest BCUT2D eigenvalue weighted by Crippen LogP contribution is -2.45. The van der Waals surface area contributed by atoms with Gasteiger partial charge >= 0.3 is 0 Å². The van der Waals surface area contributed by atoms with Gasteiger partial charge in [-0.3, -0.25) is 0 Å². The van der Waals surface area contributed by atoms with E-state index in [1.807, 2.05) is 6.92 Å². The molecule has 0 saturated carbocycles. The third-order valence-electron chi connectivity index (χ3n) is 0.787. The molecule has 0 spiro atoms. The van der Waals surface area contributed by atoms with E-state index in [0.29, 0.717) is 0 Å². The summed E-state index contributed by atoms with van der Waals surface area (Å²) in [6.07, 6.45) is 1.45. The summed E-state index contributed by atoms with van der Waals surface area (Å²) in [5, 5.41) is 3.45. The average Bonchev–Trinajstić information content (AvgIpc) is 2.17. The van der Waals surface area contributed by atoms with Gasteiger partial charge in [0.05, 0.1) is 11.3 Å². The van der Waals surface area contributed by atoms with Crippen molar-refractivity contribution in [2.24, 2.45) is 0 Å². The van der Waals surface area contributed by atoms with Gasteiger partial charge in [0.2, 0.25) is 5.27 Å². The van der Waals surface area contributed by atoms with Gasteiger partial charge in [-0.15, -0.1) is 0 Å². The highest BCUT2D eigenvalue weighted by molar-refractivity contribution is 5.19. The third-order valence-corrected chi connectivity index (χ3v) is 0.787. The van der Waals surface area contributed by atoms with Gasteiger partial charge in [0.1, 0.15) is 5.88 Å². The number of hydrogen-bond donors (Lipinski definition) is 1. The quantitative estimate of drug-likeness (QED) is 0.579. The van der Waals surface area contributed by atoms with Crippen LogP contribution >= 0.6 is 0 Å². The summed E-state index contributed by atoms with van der Waals surface area (Å²) in [6.45, 7) is 2.70. The monoisotopic (exact) mass is 128 g/mol. The van der Waals surface area contributed by atoms with Crippen LogP contribution in [0.3, 0.4) is 0 Å². The Morgan fingerprint density at radius 2 is 2.78 bits per heavy atom. The van der Waals surface area contributed by atoms with E-state index in [0.717, 1.165) is 6.54 Å². The Kier molecular flexibility index (Phi) is 1.53. The maximum atomic E-state index is 6.90. The van der Waals surface area contributed by atoms with Crippen molar-refractivity contribution in [2.75, 3.05) is 12.0 Å². The highest BCUT2D eigenvalue weighted by Crippen LogP contribution is 1.99. The molecular weight excluding hydrogens is 120 g/mol. The van der Waals surface area contributed by atoms with Crippen molar-refractivity contribution in [2.45, 2.75) is 6.92 Å². The van der Waals surface area contributed by atoms with Gasteiger partial charge in [0.25, 0.3) is 6.20 Å². The van der Waals surface area contributed by atoms with Crippen molar-refractivity contribution >= 4 is 5.88 Å². The first kappa shape index (κ1) is 5.87. The summed E-state index contributed by atoms with van der Waals surface area (Å²) in [5.41, 5.74) is 9.72. The number of aromatic nitrogens is 2. The molecular formula is C4H8N4O. The Bertz CT molecular complexity index is 184. The minimum Gasteiger partial charge on any atom is -0.660 e. The maximum absolute atomic E-state index is 6.90. The van der Waals surface area contributed by atoms with Crippen LogP contribution in [-0.2, 0) is 0 Å². The highest BCUT2D eigenvalue weighted by Gasteiger charge is 1.99. The summed E-state index contributed by atoms with van der Waals surface area (Å²) in [4.78, 5) is 1.36. The largest absolute Gasteiger partial charge is 0.660 e. The van der Waals surface area contributed by atoms with Crippen molar-refractivity contribution in [3.63, 3.8) is 0 Å². The van der Waals surface area contributed by atoms with Gasteiger partial charge < -0.3 is 10.3 Å². The predicted molar refractivity (Wildman–Crippen MR) is 30.6 cm³/mol. The smallest absolute Gasteiger partial charge is 0.256 e. The van der Waals surface area contributed by atoms with Crippen molar-refractivity contribution in [1.82, 2.24) is 5.27 Å². The zero-order valence-corrected chi connectivity index (χ0v) is 5.09. The van der Waals surface area contributed by atoms with Crippen LogP contribution in [0.4, 0.5) is 5.88 Å². The topological polar surface area (TPSA) is 65.7 Å². The average molecular weight is 128 g/mol. The number of hydrogen-bond acceptors (Lipinski definition) is 3. The Morgan fingerprint density at radius 3 is 3.22 bits per heavy atom. The second-order valence-corrected chi connectivity index (χ2v) is 1.52. The van der Waals surface area contributed by atoms with E-state index in [9.17, 15) is 0 Å². The fourth-order valence-electron chi connectivity index (χ4n) is 0.483. The molecule has 0 saturated heterocycles. The van der Waals surface area contributed by atoms with Gasteiger partial charge in [0.15, 0.2) is 0 Å². The molecule has 0 aliphatic heterocycles. The van der Waals surface area contributed by atoms with Crippen LogP contribution < -0.4 is 10.2 Å². The second-order valence-electron chi connectivity index (χ2n) is 1.52. The molecule has 0 amide bonds. The lowest BCUT2D eigenvalue weighted by Gasteiger charge is -1.82. The Balaban J connectivity index is 2.61. The van der Waals surface area contributed by atoms with Crippen LogP contribution in [0, 0.1) is 0 Å². The Morgan fingerprint density at radius 1 is 2.00 bits per heavy atom. The van der Waals surface area contributed by atoms with Crippen molar-refractivity contribution in [3.8, 4) is 0 Å². The van der Waals surface area contributed by atoms with Crippen LogP contribution in [-0.4, -0.2) is 11.8 Å². The van der Waals surface area contributed by atoms with E-state index in [1.54, 1.807) is 0 Å². The molecule has 5 heteroatoms. The molecule has 2 N–H and O–H groups in total. The van der Waals surface area contributed by atoms with Crippen LogP contribution in [0.15, 0.2) is 10.7 Å². The number of rotatable bonds is 2. The van der Waals surface area contributed by atoms with Crippen molar-refractivity contribution in [1.29, 1.82) is 0 Å². The predicted octanol–water partition coefficient (Wildman–Crippen LogP) is 0.209. The van der Waals surface area contributed by atoms with E-state index in [2.05, 4.69) is 15.2 Å². The molecule has 0 unspecified atom stereocenters. The minimum atomic E-state index is 0.0518. The second kappa shape index (κ2) is 2.34. The molecule has 0 fully saturated rings. The summed E-state index contributed by atoms with van der Waals surface area (Å²) in [6, 6.07) is 0. The molecule has 0 aliphatic rings. The number of nitrogens with zero attached hydrogens (tertiary/aromatic N) is 2. The number of nitrogens with one attached hydrogen (secondary N) is 2. The van der Waals surface area contributed by atoms with Crippen LogP contribution in [0.1, 0.15) is 6.92 Å². The summed E-state index contributed by atoms with van der Waals surface area (Å²) in [7, 11) is 0. The van der Waals surface area contributed by atoms with E-state index in [1.165, 1.54) is 11.0 Å². The Labute approximate surface area is 52.4 Å². The Hall–Kier alpha value is -1.26. The molecule has 1 aromatic rings. The lowest BCUT2D eigenvalue weighted by molar-refractivity contribution is -0.719. The van der Waals surface area contributed by atoms with Gasteiger partial charge in [-0.1, -0.05) is 0 Å². The van der Waals surface area contributed by atoms with Gasteiger partial charge in [-0.2, -0.15) is 5.43 Å². The molecule has 0 bridgehead atoms. The van der Waals surface area contributed by atoms with Gasteiger partial charge in [0, 0.05) is 0 Å². The summed E-state index contributed by atoms with van der Waals surface area (Å²) >= 11 is 0. The van der Waals surface area contributed by atoms with E-state index >= 15 is 0 Å². The molecule has 9 heavy (non-hydrogen) atoms. The molecule has 0 atom stereocenters. The fourth-order valence-corrected chi connectivity index (χ4v) is 0.483. The van der Waals surface area contributed by atoms with E-state index < -0.39 is 0 Å². The normalized spacial score (nSPS) is 9.44. The van der Waals surface area contributed by atoms with Gasteiger partial charge in [-0.25, -0.2) is 0 Å². The molecule has 0 aromatic carbocycles. The van der Waals surface area contributed by atoms with Crippen molar-refractivity contribution in [3.05, 3.63) is 11.9 Å². The maximum Gasteiger partial charge on any atom is 0.256 e. The van der Waals surface area contributed by atoms with Crippen LogP contribution in [0.25, 0.3) is 5.73 Å². The first-order chi connectivity index (χ1) is 4.33. The SMILES string of the molecule is CCN[n+]1cc([NH-])on1. The zero-order chi connectivity index (χ0) is 6.69. The first-order valence-electron chi connectivity index (χ1n) is 2.67. The van der Waals surface area contributed by atoms with E-state index in [-0.39, 0.29) is 5.88 Å². The van der Waals surface area contributed by atoms with Gasteiger partial charge in [-0.05, 0) is 6.92 Å². The molecule has 1 heterocycles. The minimum absolute atomic E-state index is 0.0518. The fraction of sp³-hybridized carbons (Fsp3) is 0.500. The van der Waals surface area contributed by atoms with E-state index in [4.69, 9.17) is 5.73 Å². The molecule has 50 valence electrons. The molecule has 1 rings (SSSR count). The first-order valence-corrected chi connectivity index (χ1v) is 2.67. The summed E-state index contributed by atoms with van der Waals surface area (Å²) in [5.74, 6) is 0.0518. The third kappa shape index (κ3) is 1.31. The van der Waals surface area contributed by atoms with Crippen molar-refractivity contribution < 1.29 is 9.31 Å². The molecule has 1 aromatic heterocycles. The molecule has 5 nitrogen and oxygen atoms in total. The standard InChI is InChI=1S/C4H8N4O/c1-2-6-8-3-4(5)9-7-8/h3,5H,2H2,1H3,(H,6,7).